The zero-order chi connectivity index (χ0) is 24.9. The molecular formula is C27H23Cl2N5O. The molecule has 0 amide bonds. The molecule has 0 aliphatic carbocycles. The topological polar surface area (TPSA) is 96.9 Å². The van der Waals surface area contributed by atoms with Gasteiger partial charge in [-0.15, -0.1) is 0 Å². The quantitative estimate of drug-likeness (QED) is 0.272. The van der Waals surface area contributed by atoms with Crippen LogP contribution in [0.4, 0.5) is 17.2 Å². The van der Waals surface area contributed by atoms with E-state index in [9.17, 15) is 5.26 Å². The summed E-state index contributed by atoms with van der Waals surface area (Å²) in [6, 6.07) is 20.9. The van der Waals surface area contributed by atoms with Gasteiger partial charge in [0, 0.05) is 15.7 Å². The number of nitriles is 1. The highest BCUT2D eigenvalue weighted by Crippen LogP contribution is 2.37. The minimum atomic E-state index is -0.532. The van der Waals surface area contributed by atoms with Crippen LogP contribution in [0.25, 0.3) is 0 Å². The summed E-state index contributed by atoms with van der Waals surface area (Å²) in [5, 5.41) is 14.1. The van der Waals surface area contributed by atoms with Gasteiger partial charge in [0.05, 0.1) is 12.0 Å². The van der Waals surface area contributed by atoms with Crippen molar-refractivity contribution in [1.82, 2.24) is 9.97 Å². The van der Waals surface area contributed by atoms with Gasteiger partial charge in [-0.25, -0.2) is 4.98 Å². The number of rotatable bonds is 7. The van der Waals surface area contributed by atoms with Crippen molar-refractivity contribution in [2.45, 2.75) is 26.2 Å². The van der Waals surface area contributed by atoms with Crippen molar-refractivity contribution in [2.24, 2.45) is 0 Å². The van der Waals surface area contributed by atoms with E-state index in [-0.39, 0.29) is 11.6 Å². The average Bonchev–Trinajstić information content (AvgIpc) is 2.86. The van der Waals surface area contributed by atoms with E-state index in [1.165, 1.54) is 11.9 Å². The van der Waals surface area contributed by atoms with E-state index >= 15 is 0 Å². The van der Waals surface area contributed by atoms with E-state index in [1.54, 1.807) is 18.2 Å². The maximum Gasteiger partial charge on any atom is 0.248 e. The van der Waals surface area contributed by atoms with Crippen LogP contribution in [0.1, 0.15) is 35.1 Å². The number of aromatic nitrogens is 2. The van der Waals surface area contributed by atoms with Crippen LogP contribution in [0.15, 0.2) is 67.0 Å². The summed E-state index contributed by atoms with van der Waals surface area (Å²) in [6.07, 6.45) is 2.32. The second-order valence-corrected chi connectivity index (χ2v) is 8.81. The molecule has 3 N–H and O–H groups in total. The fourth-order valence-electron chi connectivity index (χ4n) is 3.63. The smallest absolute Gasteiger partial charge is 0.248 e. The second-order valence-electron chi connectivity index (χ2n) is 7.97. The third-order valence-corrected chi connectivity index (χ3v) is 6.21. The van der Waals surface area contributed by atoms with E-state index in [4.69, 9.17) is 33.7 Å². The molecule has 1 aromatic heterocycles. The summed E-state index contributed by atoms with van der Waals surface area (Å²) in [7, 11) is 0. The first-order valence-corrected chi connectivity index (χ1v) is 11.7. The normalized spacial score (nSPS) is 11.5. The summed E-state index contributed by atoms with van der Waals surface area (Å²) in [6.45, 7) is 4.01. The maximum absolute atomic E-state index is 9.83. The van der Waals surface area contributed by atoms with Crippen molar-refractivity contribution in [2.75, 3.05) is 11.1 Å². The number of nitrogens with one attached hydrogen (secondary N) is 1. The molecule has 0 aliphatic heterocycles. The Hall–Kier alpha value is -3.79. The number of nitrogens with two attached hydrogens (primary N) is 1. The maximum atomic E-state index is 9.83. The summed E-state index contributed by atoms with van der Waals surface area (Å²) in [4.78, 5) is 8.45. The Kier molecular flexibility index (Phi) is 7.40. The molecule has 4 rings (SSSR count). The fourth-order valence-corrected chi connectivity index (χ4v) is 4.03. The lowest BCUT2D eigenvalue weighted by Gasteiger charge is -2.17. The molecule has 6 nitrogen and oxygen atoms in total. The molecule has 35 heavy (non-hydrogen) atoms. The molecule has 0 saturated carbocycles. The Bertz CT molecular complexity index is 1380. The van der Waals surface area contributed by atoms with Crippen molar-refractivity contribution in [1.29, 1.82) is 5.26 Å². The number of hydrogen-bond acceptors (Lipinski definition) is 6. The Balaban J connectivity index is 1.59. The van der Waals surface area contributed by atoms with Crippen LogP contribution in [0.2, 0.25) is 10.0 Å². The number of anilines is 3. The van der Waals surface area contributed by atoms with Gasteiger partial charge in [0.15, 0.2) is 5.82 Å². The molecule has 0 spiro atoms. The lowest BCUT2D eigenvalue weighted by molar-refractivity contribution is 0.464. The number of ether oxygens (including phenoxy) is 1. The zero-order valence-electron chi connectivity index (χ0n) is 19.2. The highest BCUT2D eigenvalue weighted by molar-refractivity contribution is 6.32. The van der Waals surface area contributed by atoms with E-state index < -0.39 is 5.92 Å². The van der Waals surface area contributed by atoms with Gasteiger partial charge in [0.25, 0.3) is 0 Å². The Labute approximate surface area is 214 Å². The number of halogens is 2. The van der Waals surface area contributed by atoms with E-state index in [0.29, 0.717) is 32.9 Å². The summed E-state index contributed by atoms with van der Waals surface area (Å²) in [5.41, 5.74) is 10.9. The van der Waals surface area contributed by atoms with Crippen LogP contribution in [-0.2, 0) is 6.42 Å². The van der Waals surface area contributed by atoms with Gasteiger partial charge >= 0.3 is 0 Å². The fraction of sp³-hybridized carbons (Fsp3) is 0.148. The molecule has 0 bridgehead atoms. The van der Waals surface area contributed by atoms with E-state index in [1.807, 2.05) is 49.4 Å². The lowest BCUT2D eigenvalue weighted by Crippen LogP contribution is -2.05. The highest BCUT2D eigenvalue weighted by atomic mass is 35.5. The molecule has 8 heteroatoms. The molecule has 0 saturated heterocycles. The number of hydrogen-bond donors (Lipinski definition) is 2. The van der Waals surface area contributed by atoms with E-state index in [2.05, 4.69) is 28.3 Å². The molecule has 0 radical (unpaired) electrons. The van der Waals surface area contributed by atoms with E-state index in [0.717, 1.165) is 17.5 Å². The van der Waals surface area contributed by atoms with Gasteiger partial charge in [-0.3, -0.25) is 0 Å². The monoisotopic (exact) mass is 503 g/mol. The van der Waals surface area contributed by atoms with Crippen LogP contribution < -0.4 is 15.8 Å². The standard InChI is InChI=1S/C27H23Cl2N5O/c1-3-17-4-10-20(11-5-17)35-27-25(31)26(32-15-33-27)34-24-13-23(29)21(12-16(24)2)22(14-30)18-6-8-19(28)9-7-18/h4-13,15,22H,3,31H2,1-2H3,(H,32,33,34). The minimum Gasteiger partial charge on any atom is -0.437 e. The van der Waals surface area contributed by atoms with Crippen LogP contribution in [0.5, 0.6) is 11.6 Å². The predicted octanol–water partition coefficient (Wildman–Crippen LogP) is 7.43. The number of benzene rings is 3. The third kappa shape index (κ3) is 5.48. The highest BCUT2D eigenvalue weighted by Gasteiger charge is 2.19. The third-order valence-electron chi connectivity index (χ3n) is 5.63. The molecule has 1 heterocycles. The van der Waals surface area contributed by atoms with Crippen LogP contribution >= 0.6 is 23.2 Å². The number of aryl methyl sites for hydroxylation is 2. The van der Waals surface area contributed by atoms with Crippen molar-refractivity contribution < 1.29 is 4.74 Å². The van der Waals surface area contributed by atoms with Gasteiger partial charge < -0.3 is 15.8 Å². The summed E-state index contributed by atoms with van der Waals surface area (Å²) < 4.78 is 5.88. The van der Waals surface area contributed by atoms with Crippen molar-refractivity contribution in [3.05, 3.63) is 99.3 Å². The molecule has 1 unspecified atom stereocenters. The second kappa shape index (κ2) is 10.6. The minimum absolute atomic E-state index is 0.249. The first kappa shape index (κ1) is 24.3. The van der Waals surface area contributed by atoms with Crippen LogP contribution in [0, 0.1) is 18.3 Å². The Morgan fingerprint density at radius 1 is 1.06 bits per heavy atom. The van der Waals surface area contributed by atoms with Crippen molar-refractivity contribution >= 4 is 40.4 Å². The Morgan fingerprint density at radius 3 is 2.43 bits per heavy atom. The van der Waals surface area contributed by atoms with Gasteiger partial charge in [0.2, 0.25) is 5.88 Å². The molecular weight excluding hydrogens is 481 g/mol. The molecule has 4 aromatic rings. The molecule has 3 aromatic carbocycles. The predicted molar refractivity (Wildman–Crippen MR) is 141 cm³/mol. The largest absolute Gasteiger partial charge is 0.437 e. The molecule has 0 fully saturated rings. The van der Waals surface area contributed by atoms with Gasteiger partial charge in [-0.1, -0.05) is 60.5 Å². The zero-order valence-corrected chi connectivity index (χ0v) is 20.7. The van der Waals surface area contributed by atoms with Crippen LogP contribution in [-0.4, -0.2) is 9.97 Å². The molecule has 1 atom stereocenters. The first-order valence-electron chi connectivity index (χ1n) is 11.0. The number of nitrogen functional groups attached to an aromatic ring is 1. The summed E-state index contributed by atoms with van der Waals surface area (Å²) >= 11 is 12.6. The van der Waals surface area contributed by atoms with Gasteiger partial charge in [-0.2, -0.15) is 10.2 Å². The number of nitrogens with zero attached hydrogens (tertiary/aromatic N) is 3. The summed E-state index contributed by atoms with van der Waals surface area (Å²) in [5.74, 6) is 0.739. The lowest BCUT2D eigenvalue weighted by atomic mass is 9.91. The molecule has 176 valence electrons. The Morgan fingerprint density at radius 2 is 1.77 bits per heavy atom. The average molecular weight is 504 g/mol. The van der Waals surface area contributed by atoms with Gasteiger partial charge in [-0.05, 0) is 65.9 Å². The van der Waals surface area contributed by atoms with Crippen molar-refractivity contribution in [3.63, 3.8) is 0 Å². The van der Waals surface area contributed by atoms with Crippen molar-refractivity contribution in [3.8, 4) is 17.7 Å². The first-order chi connectivity index (χ1) is 16.9. The van der Waals surface area contributed by atoms with Crippen LogP contribution in [0.3, 0.4) is 0 Å². The SMILES string of the molecule is CCc1ccc(Oc2ncnc(Nc3cc(Cl)c(C(C#N)c4ccc(Cl)cc4)cc3C)c2N)cc1. The molecule has 0 aliphatic rings. The van der Waals surface area contributed by atoms with Gasteiger partial charge in [0.1, 0.15) is 17.8 Å².